The molecular weight excluding hydrogens is 392 g/mol. The SMILES string of the molecule is COc1cc2oc(=O)cc(CN3C(=O)c4cnc5[nH]ncc5c4C3=O)c2cc1OC. The number of imide groups is 1. The van der Waals surface area contributed by atoms with Gasteiger partial charge in [-0.25, -0.2) is 9.78 Å². The summed E-state index contributed by atoms with van der Waals surface area (Å²) in [4.78, 5) is 43.3. The topological polar surface area (TPSA) is 128 Å². The van der Waals surface area contributed by atoms with Crippen LogP contribution < -0.4 is 15.1 Å². The van der Waals surface area contributed by atoms with Gasteiger partial charge >= 0.3 is 5.63 Å². The monoisotopic (exact) mass is 406 g/mol. The van der Waals surface area contributed by atoms with E-state index in [1.165, 1.54) is 38.7 Å². The van der Waals surface area contributed by atoms with Gasteiger partial charge in [0, 0.05) is 23.7 Å². The van der Waals surface area contributed by atoms with Crippen LogP contribution in [0.25, 0.3) is 22.0 Å². The molecule has 1 N–H and O–H groups in total. The largest absolute Gasteiger partial charge is 0.493 e. The van der Waals surface area contributed by atoms with Crippen LogP contribution in [0.15, 0.2) is 39.8 Å². The van der Waals surface area contributed by atoms with Gasteiger partial charge in [-0.3, -0.25) is 19.6 Å². The molecule has 1 aliphatic rings. The Balaban J connectivity index is 1.63. The van der Waals surface area contributed by atoms with Crippen LogP contribution in [0.5, 0.6) is 11.5 Å². The highest BCUT2D eigenvalue weighted by Gasteiger charge is 2.38. The van der Waals surface area contributed by atoms with E-state index in [1.807, 2.05) is 0 Å². The summed E-state index contributed by atoms with van der Waals surface area (Å²) in [7, 11) is 2.95. The number of ether oxygens (including phenoxy) is 2. The lowest BCUT2D eigenvalue weighted by atomic mass is 10.1. The molecule has 1 aromatic carbocycles. The molecule has 10 heteroatoms. The fourth-order valence-corrected chi connectivity index (χ4v) is 3.66. The molecule has 0 atom stereocenters. The highest BCUT2D eigenvalue weighted by Crippen LogP contribution is 2.35. The van der Waals surface area contributed by atoms with Crippen LogP contribution in [0.4, 0.5) is 0 Å². The van der Waals surface area contributed by atoms with Crippen LogP contribution in [-0.2, 0) is 6.54 Å². The van der Waals surface area contributed by atoms with Crippen LogP contribution >= 0.6 is 0 Å². The molecule has 1 aliphatic heterocycles. The summed E-state index contributed by atoms with van der Waals surface area (Å²) >= 11 is 0. The lowest BCUT2D eigenvalue weighted by molar-refractivity contribution is 0.0643. The fourth-order valence-electron chi connectivity index (χ4n) is 3.66. The maximum absolute atomic E-state index is 13.1. The van der Waals surface area contributed by atoms with E-state index in [0.717, 1.165) is 4.90 Å². The van der Waals surface area contributed by atoms with Gasteiger partial charge in [-0.2, -0.15) is 5.10 Å². The summed E-state index contributed by atoms with van der Waals surface area (Å²) in [6.45, 7) is -0.122. The third kappa shape index (κ3) is 2.47. The van der Waals surface area contributed by atoms with Gasteiger partial charge in [-0.05, 0) is 11.6 Å². The molecule has 150 valence electrons. The number of pyridine rings is 1. The number of amides is 2. The number of carbonyl (C=O) groups excluding carboxylic acids is 2. The van der Waals surface area contributed by atoms with Crippen molar-refractivity contribution in [3.05, 3.63) is 57.7 Å². The van der Waals surface area contributed by atoms with Crippen molar-refractivity contribution in [2.45, 2.75) is 6.54 Å². The number of benzene rings is 1. The van der Waals surface area contributed by atoms with Crippen LogP contribution in [0, 0.1) is 0 Å². The Hall–Kier alpha value is -4.21. The van der Waals surface area contributed by atoms with Crippen molar-refractivity contribution in [3.63, 3.8) is 0 Å². The number of aromatic amines is 1. The van der Waals surface area contributed by atoms with Crippen LogP contribution in [-0.4, -0.2) is 46.1 Å². The summed E-state index contributed by atoms with van der Waals surface area (Å²) in [6.07, 6.45) is 2.81. The van der Waals surface area contributed by atoms with Crippen molar-refractivity contribution in [2.75, 3.05) is 14.2 Å². The van der Waals surface area contributed by atoms with Gasteiger partial charge in [0.05, 0.1) is 43.5 Å². The van der Waals surface area contributed by atoms with Crippen molar-refractivity contribution in [3.8, 4) is 11.5 Å². The van der Waals surface area contributed by atoms with E-state index in [2.05, 4.69) is 15.2 Å². The summed E-state index contributed by atoms with van der Waals surface area (Å²) in [5.74, 6) is -0.163. The first kappa shape index (κ1) is 17.9. The van der Waals surface area contributed by atoms with Gasteiger partial charge in [-0.1, -0.05) is 0 Å². The van der Waals surface area contributed by atoms with E-state index >= 15 is 0 Å². The van der Waals surface area contributed by atoms with Gasteiger partial charge in [0.1, 0.15) is 5.58 Å². The van der Waals surface area contributed by atoms with E-state index in [-0.39, 0.29) is 23.3 Å². The zero-order chi connectivity index (χ0) is 21.0. The van der Waals surface area contributed by atoms with E-state index in [0.29, 0.717) is 33.5 Å². The number of fused-ring (bicyclic) bond motifs is 4. The Morgan fingerprint density at radius 3 is 2.53 bits per heavy atom. The second-order valence-corrected chi connectivity index (χ2v) is 6.67. The number of H-pyrrole nitrogens is 1. The lowest BCUT2D eigenvalue weighted by Crippen LogP contribution is -2.29. The maximum Gasteiger partial charge on any atom is 0.336 e. The second kappa shape index (κ2) is 6.41. The Morgan fingerprint density at radius 2 is 1.77 bits per heavy atom. The molecule has 0 saturated carbocycles. The van der Waals surface area contributed by atoms with E-state index in [9.17, 15) is 14.4 Å². The van der Waals surface area contributed by atoms with Crippen LogP contribution in [0.3, 0.4) is 0 Å². The van der Waals surface area contributed by atoms with Gasteiger partial charge in [0.25, 0.3) is 11.8 Å². The van der Waals surface area contributed by atoms with Crippen molar-refractivity contribution >= 4 is 33.8 Å². The minimum atomic E-state index is -0.611. The number of nitrogens with zero attached hydrogens (tertiary/aromatic N) is 3. The third-order valence-electron chi connectivity index (χ3n) is 5.08. The van der Waals surface area contributed by atoms with E-state index in [1.54, 1.807) is 6.07 Å². The number of aromatic nitrogens is 3. The number of hydrogen-bond donors (Lipinski definition) is 1. The standard InChI is InChI=1S/C20H14N4O6/c1-28-14-4-10-9(3-16(25)30-13(10)5-15(14)29-2)8-24-19(26)12-6-21-18-11(7-22-23-18)17(12)20(24)27/h3-7H,8H2,1-2H3,(H,21,22,23). The summed E-state index contributed by atoms with van der Waals surface area (Å²) in [5, 5.41) is 7.56. The molecule has 5 rings (SSSR count). The van der Waals surface area contributed by atoms with Gasteiger partial charge in [0.2, 0.25) is 0 Å². The highest BCUT2D eigenvalue weighted by atomic mass is 16.5. The second-order valence-electron chi connectivity index (χ2n) is 6.67. The molecule has 0 bridgehead atoms. The van der Waals surface area contributed by atoms with Crippen molar-refractivity contribution in [2.24, 2.45) is 0 Å². The molecule has 3 aromatic heterocycles. The normalized spacial score (nSPS) is 13.3. The fraction of sp³-hybridized carbons (Fsp3) is 0.150. The predicted molar refractivity (Wildman–Crippen MR) is 104 cm³/mol. The summed E-state index contributed by atoms with van der Waals surface area (Å²) in [5.41, 5.74) is 0.934. The molecule has 2 amide bonds. The van der Waals surface area contributed by atoms with Gasteiger partial charge in [0.15, 0.2) is 17.1 Å². The van der Waals surface area contributed by atoms with Crippen LogP contribution in [0.2, 0.25) is 0 Å². The summed E-state index contributed by atoms with van der Waals surface area (Å²) < 4.78 is 15.8. The minimum Gasteiger partial charge on any atom is -0.493 e. The Morgan fingerprint density at radius 1 is 1.00 bits per heavy atom. The Labute approximate surface area is 168 Å². The highest BCUT2D eigenvalue weighted by molar-refractivity contribution is 6.25. The molecule has 0 fully saturated rings. The van der Waals surface area contributed by atoms with Gasteiger partial charge < -0.3 is 13.9 Å². The molecule has 4 aromatic rings. The van der Waals surface area contributed by atoms with Crippen LogP contribution in [0.1, 0.15) is 26.3 Å². The lowest BCUT2D eigenvalue weighted by Gasteiger charge is -2.16. The molecule has 0 unspecified atom stereocenters. The molecular formula is C20H14N4O6. The average Bonchev–Trinajstić information content (AvgIpc) is 3.31. The molecule has 10 nitrogen and oxygen atoms in total. The zero-order valence-electron chi connectivity index (χ0n) is 15.9. The molecule has 0 aliphatic carbocycles. The quantitative estimate of drug-likeness (QED) is 0.402. The molecule has 30 heavy (non-hydrogen) atoms. The smallest absolute Gasteiger partial charge is 0.336 e. The van der Waals surface area contributed by atoms with Crippen molar-refractivity contribution in [1.82, 2.24) is 20.1 Å². The zero-order valence-corrected chi connectivity index (χ0v) is 15.9. The number of hydrogen-bond acceptors (Lipinski definition) is 8. The maximum atomic E-state index is 13.1. The first-order chi connectivity index (χ1) is 14.5. The predicted octanol–water partition coefficient (Wildman–Crippen LogP) is 1.88. The van der Waals surface area contributed by atoms with E-state index < -0.39 is 17.4 Å². The van der Waals surface area contributed by atoms with Crippen molar-refractivity contribution < 1.29 is 23.5 Å². The third-order valence-corrected chi connectivity index (χ3v) is 5.08. The molecule has 0 saturated heterocycles. The molecule has 0 radical (unpaired) electrons. The summed E-state index contributed by atoms with van der Waals surface area (Å²) in [6, 6.07) is 4.42. The number of nitrogens with one attached hydrogen (secondary N) is 1. The Kier molecular flexibility index (Phi) is 3.82. The first-order valence-corrected chi connectivity index (χ1v) is 8.89. The first-order valence-electron chi connectivity index (χ1n) is 8.89. The van der Waals surface area contributed by atoms with E-state index in [4.69, 9.17) is 13.9 Å². The molecule has 0 spiro atoms. The van der Waals surface area contributed by atoms with Gasteiger partial charge in [-0.15, -0.1) is 0 Å². The molecule has 4 heterocycles. The average molecular weight is 406 g/mol. The Bertz CT molecular complexity index is 1420. The number of rotatable bonds is 4. The van der Waals surface area contributed by atoms with Crippen molar-refractivity contribution in [1.29, 1.82) is 0 Å². The number of carbonyl (C=O) groups is 2. The number of methoxy groups -OCH3 is 2. The minimum absolute atomic E-state index is 0.122.